The maximum atomic E-state index is 13.6. The van der Waals surface area contributed by atoms with Gasteiger partial charge in [0.05, 0.1) is 29.7 Å². The van der Waals surface area contributed by atoms with Gasteiger partial charge in [0.1, 0.15) is 12.7 Å². The summed E-state index contributed by atoms with van der Waals surface area (Å²) in [5, 5.41) is 0. The molecule has 1 fully saturated rings. The molecule has 10 heteroatoms. The molecule has 48 heavy (non-hydrogen) atoms. The Morgan fingerprint density at radius 2 is 1.19 bits per heavy atom. The minimum Gasteiger partial charge on any atom is -0.466 e. The predicted molar refractivity (Wildman–Crippen MR) is 174 cm³/mol. The van der Waals surface area contributed by atoms with Gasteiger partial charge in [0.15, 0.2) is 18.4 Å². The smallest absolute Gasteiger partial charge is 0.338 e. The van der Waals surface area contributed by atoms with Crippen LogP contribution in [-0.2, 0) is 28.5 Å². The molecule has 0 aromatic heterocycles. The van der Waals surface area contributed by atoms with Crippen molar-refractivity contribution in [2.24, 2.45) is 0 Å². The zero-order chi connectivity index (χ0) is 33.5. The van der Waals surface area contributed by atoms with Crippen LogP contribution in [0.15, 0.2) is 115 Å². The lowest BCUT2D eigenvalue weighted by Gasteiger charge is -2.31. The van der Waals surface area contributed by atoms with E-state index < -0.39 is 42.4 Å². The lowest BCUT2D eigenvalue weighted by Crippen LogP contribution is -2.47. The molecule has 1 unspecified atom stereocenters. The zero-order valence-corrected chi connectivity index (χ0v) is 26.3. The third-order valence-corrected chi connectivity index (χ3v) is 8.31. The van der Waals surface area contributed by atoms with E-state index in [4.69, 9.17) is 23.7 Å². The number of anilines is 1. The molecule has 4 aromatic rings. The first-order chi connectivity index (χ1) is 23.4. The second-order valence-electron chi connectivity index (χ2n) is 11.4. The highest BCUT2D eigenvalue weighted by atomic mass is 16.7. The Bertz CT molecular complexity index is 1730. The van der Waals surface area contributed by atoms with Crippen molar-refractivity contribution in [1.29, 1.82) is 0 Å². The summed E-state index contributed by atoms with van der Waals surface area (Å²) in [5.41, 5.74) is 2.60. The van der Waals surface area contributed by atoms with Gasteiger partial charge >= 0.3 is 23.9 Å². The molecule has 0 spiro atoms. The van der Waals surface area contributed by atoms with E-state index in [0.29, 0.717) is 17.7 Å². The van der Waals surface area contributed by atoms with Crippen LogP contribution in [0, 0.1) is 0 Å². The summed E-state index contributed by atoms with van der Waals surface area (Å²) in [6.07, 6.45) is -4.18. The van der Waals surface area contributed by atoms with Crippen molar-refractivity contribution in [2.45, 2.75) is 43.8 Å². The highest BCUT2D eigenvalue weighted by molar-refractivity contribution is 5.91. The number of nitrogens with zero attached hydrogens (tertiary/aromatic N) is 1. The van der Waals surface area contributed by atoms with Crippen molar-refractivity contribution in [2.75, 3.05) is 24.7 Å². The van der Waals surface area contributed by atoms with Crippen LogP contribution in [-0.4, -0.2) is 68.2 Å². The van der Waals surface area contributed by atoms with Gasteiger partial charge in [-0.1, -0.05) is 72.8 Å². The molecule has 10 nitrogen and oxygen atoms in total. The first kappa shape index (κ1) is 32.5. The minimum absolute atomic E-state index is 0.132. The number of carbonyl (C=O) groups is 4. The van der Waals surface area contributed by atoms with Crippen LogP contribution in [0.4, 0.5) is 5.69 Å². The SMILES string of the molecule is CCOC(=O)CC1CN([C@@H]2O[C@H](COC(=O)c3ccccc3)[C@@H](OC(=O)c3ccccc3)[C@H]2OC(=O)c2ccccc2)c2ccccc21. The van der Waals surface area contributed by atoms with Crippen LogP contribution >= 0.6 is 0 Å². The summed E-state index contributed by atoms with van der Waals surface area (Å²) in [7, 11) is 0. The van der Waals surface area contributed by atoms with Crippen molar-refractivity contribution in [3.05, 3.63) is 138 Å². The molecule has 0 amide bonds. The Hall–Kier alpha value is -5.48. The molecule has 0 saturated carbocycles. The molecule has 4 aromatic carbocycles. The average molecular weight is 650 g/mol. The van der Waals surface area contributed by atoms with Gasteiger partial charge in [0.25, 0.3) is 0 Å². The van der Waals surface area contributed by atoms with E-state index in [1.165, 1.54) is 0 Å². The summed E-state index contributed by atoms with van der Waals surface area (Å²) in [5.74, 6) is -2.47. The van der Waals surface area contributed by atoms with Crippen LogP contribution in [0.3, 0.4) is 0 Å². The van der Waals surface area contributed by atoms with E-state index in [0.717, 1.165) is 11.3 Å². The third kappa shape index (κ3) is 7.24. The van der Waals surface area contributed by atoms with E-state index in [-0.39, 0.29) is 37.1 Å². The van der Waals surface area contributed by atoms with Crippen LogP contribution in [0.2, 0.25) is 0 Å². The first-order valence-electron chi connectivity index (χ1n) is 15.8. The number of esters is 4. The van der Waals surface area contributed by atoms with Crippen LogP contribution in [0.1, 0.15) is 55.9 Å². The Balaban J connectivity index is 1.35. The highest BCUT2D eigenvalue weighted by Gasteiger charge is 2.54. The maximum absolute atomic E-state index is 13.6. The van der Waals surface area contributed by atoms with Gasteiger partial charge in [-0.2, -0.15) is 0 Å². The molecule has 0 radical (unpaired) electrons. The number of hydrogen-bond acceptors (Lipinski definition) is 10. The number of hydrogen-bond donors (Lipinski definition) is 0. The fraction of sp³-hybridized carbons (Fsp3) is 0.263. The van der Waals surface area contributed by atoms with E-state index >= 15 is 0 Å². The van der Waals surface area contributed by atoms with E-state index in [2.05, 4.69) is 0 Å². The van der Waals surface area contributed by atoms with Gasteiger partial charge in [-0.3, -0.25) is 4.79 Å². The van der Waals surface area contributed by atoms with Crippen molar-refractivity contribution < 1.29 is 42.9 Å². The Morgan fingerprint density at radius 3 is 1.77 bits per heavy atom. The lowest BCUT2D eigenvalue weighted by atomic mass is 9.98. The standard InChI is InChI=1S/C38H35NO9/c1-2-44-32(40)22-28-23-39(30-21-13-12-20-29(28)30)35-34(48-38(43)27-18-10-5-11-19-27)33(47-37(42)26-16-8-4-9-17-26)31(46-35)24-45-36(41)25-14-6-3-7-15-25/h3-21,28,31,33-35H,2,22-24H2,1H3/t28?,31-,33-,34-,35-/m1/s1. The van der Waals surface area contributed by atoms with Crippen LogP contribution in [0.5, 0.6) is 0 Å². The topological polar surface area (TPSA) is 118 Å². The molecule has 0 N–H and O–H groups in total. The van der Waals surface area contributed by atoms with E-state index in [9.17, 15) is 19.2 Å². The van der Waals surface area contributed by atoms with E-state index in [1.807, 2.05) is 29.2 Å². The molecule has 2 aliphatic rings. The molecule has 0 bridgehead atoms. The molecular weight excluding hydrogens is 614 g/mol. The van der Waals surface area contributed by atoms with Gasteiger partial charge in [0.2, 0.25) is 0 Å². The van der Waals surface area contributed by atoms with Gasteiger partial charge in [-0.05, 0) is 55.0 Å². The molecule has 246 valence electrons. The third-order valence-electron chi connectivity index (χ3n) is 8.31. The summed E-state index contributed by atoms with van der Waals surface area (Å²) in [6.45, 7) is 2.06. The summed E-state index contributed by atoms with van der Waals surface area (Å²) in [4.78, 5) is 54.5. The largest absolute Gasteiger partial charge is 0.466 e. The number of rotatable bonds is 11. The zero-order valence-electron chi connectivity index (χ0n) is 26.3. The molecular formula is C38H35NO9. The molecule has 2 aliphatic heterocycles. The number of para-hydroxylation sites is 1. The minimum atomic E-state index is -1.17. The Morgan fingerprint density at radius 1 is 0.667 bits per heavy atom. The molecule has 6 rings (SSSR count). The molecule has 5 atom stereocenters. The monoisotopic (exact) mass is 649 g/mol. The Labute approximate surface area is 278 Å². The van der Waals surface area contributed by atoms with E-state index in [1.54, 1.807) is 97.9 Å². The van der Waals surface area contributed by atoms with Crippen LogP contribution < -0.4 is 4.90 Å². The van der Waals surface area contributed by atoms with Crippen molar-refractivity contribution >= 4 is 29.6 Å². The summed E-state index contributed by atoms with van der Waals surface area (Å²) in [6, 6.07) is 33.0. The number of benzene rings is 4. The summed E-state index contributed by atoms with van der Waals surface area (Å²) >= 11 is 0. The average Bonchev–Trinajstić information content (AvgIpc) is 3.65. The number of ether oxygens (including phenoxy) is 5. The first-order valence-corrected chi connectivity index (χ1v) is 15.8. The summed E-state index contributed by atoms with van der Waals surface area (Å²) < 4.78 is 29.7. The van der Waals surface area contributed by atoms with Crippen molar-refractivity contribution in [3.63, 3.8) is 0 Å². The van der Waals surface area contributed by atoms with Crippen LogP contribution in [0.25, 0.3) is 0 Å². The van der Waals surface area contributed by atoms with Gasteiger partial charge in [0, 0.05) is 18.2 Å². The molecule has 0 aliphatic carbocycles. The quantitative estimate of drug-likeness (QED) is 0.151. The maximum Gasteiger partial charge on any atom is 0.338 e. The van der Waals surface area contributed by atoms with Crippen molar-refractivity contribution in [3.8, 4) is 0 Å². The fourth-order valence-electron chi connectivity index (χ4n) is 6.07. The second-order valence-corrected chi connectivity index (χ2v) is 11.4. The van der Waals surface area contributed by atoms with Gasteiger partial charge < -0.3 is 28.6 Å². The van der Waals surface area contributed by atoms with Gasteiger partial charge in [-0.25, -0.2) is 14.4 Å². The molecule has 2 heterocycles. The lowest BCUT2D eigenvalue weighted by molar-refractivity contribution is -0.143. The Kier molecular flexibility index (Phi) is 10.1. The highest BCUT2D eigenvalue weighted by Crippen LogP contribution is 2.43. The second kappa shape index (κ2) is 15.0. The fourth-order valence-corrected chi connectivity index (χ4v) is 6.07. The normalized spacial score (nSPS) is 21.2. The number of fused-ring (bicyclic) bond motifs is 1. The predicted octanol–water partition coefficient (Wildman–Crippen LogP) is 5.58. The van der Waals surface area contributed by atoms with Crippen molar-refractivity contribution in [1.82, 2.24) is 0 Å². The molecule has 1 saturated heterocycles. The van der Waals surface area contributed by atoms with Gasteiger partial charge in [-0.15, -0.1) is 0 Å². The number of carbonyl (C=O) groups excluding carboxylic acids is 4.